The van der Waals surface area contributed by atoms with Crippen LogP contribution in [0.4, 0.5) is 0 Å². The first-order chi connectivity index (χ1) is 5.24. The summed E-state index contributed by atoms with van der Waals surface area (Å²) in [5, 5.41) is 0. The highest BCUT2D eigenvalue weighted by molar-refractivity contribution is 5.76. The standard InChI is InChI=1S/C10H10O/c1-8-3-4-10(5-6-11)9(2)7-8/h3-5,7H,1-2H3. The van der Waals surface area contributed by atoms with Crippen molar-refractivity contribution in [2.75, 3.05) is 0 Å². The van der Waals surface area contributed by atoms with E-state index in [1.54, 1.807) is 5.94 Å². The van der Waals surface area contributed by atoms with Gasteiger partial charge in [-0.3, -0.25) is 0 Å². The Morgan fingerprint density at radius 2 is 2.09 bits per heavy atom. The number of carbonyl (C=O) groups excluding carboxylic acids is 1. The van der Waals surface area contributed by atoms with Crippen LogP contribution in [0.1, 0.15) is 16.7 Å². The Kier molecular flexibility index (Phi) is 2.25. The lowest BCUT2D eigenvalue weighted by Crippen LogP contribution is -1.81. The van der Waals surface area contributed by atoms with Crippen LogP contribution in [-0.4, -0.2) is 5.94 Å². The molecule has 1 aromatic carbocycles. The van der Waals surface area contributed by atoms with Crippen LogP contribution in [0.25, 0.3) is 6.08 Å². The quantitative estimate of drug-likeness (QED) is 0.555. The van der Waals surface area contributed by atoms with E-state index in [-0.39, 0.29) is 0 Å². The van der Waals surface area contributed by atoms with E-state index in [9.17, 15) is 4.79 Å². The zero-order valence-electron chi connectivity index (χ0n) is 6.72. The molecule has 56 valence electrons. The van der Waals surface area contributed by atoms with Gasteiger partial charge in [0.15, 0.2) is 0 Å². The molecule has 0 amide bonds. The van der Waals surface area contributed by atoms with Crippen LogP contribution in [0.15, 0.2) is 18.2 Å². The maximum atomic E-state index is 10.0. The molecule has 0 radical (unpaired) electrons. The van der Waals surface area contributed by atoms with Crippen LogP contribution >= 0.6 is 0 Å². The van der Waals surface area contributed by atoms with E-state index >= 15 is 0 Å². The van der Waals surface area contributed by atoms with Crippen LogP contribution in [0, 0.1) is 13.8 Å². The summed E-state index contributed by atoms with van der Waals surface area (Å²) in [6.07, 6.45) is 1.45. The lowest BCUT2D eigenvalue weighted by molar-refractivity contribution is 0.570. The van der Waals surface area contributed by atoms with Crippen molar-refractivity contribution in [3.8, 4) is 0 Å². The molecule has 0 bridgehead atoms. The van der Waals surface area contributed by atoms with Crippen LogP contribution < -0.4 is 0 Å². The molecule has 0 saturated carbocycles. The molecule has 0 spiro atoms. The fraction of sp³-hybridized carbons (Fsp3) is 0.200. The zero-order valence-corrected chi connectivity index (χ0v) is 6.72. The van der Waals surface area contributed by atoms with Gasteiger partial charge in [-0.2, -0.15) is 0 Å². The first-order valence-corrected chi connectivity index (χ1v) is 3.52. The molecule has 0 aromatic heterocycles. The summed E-state index contributed by atoms with van der Waals surface area (Å²) in [7, 11) is 0. The van der Waals surface area contributed by atoms with Crippen molar-refractivity contribution in [1.82, 2.24) is 0 Å². The smallest absolute Gasteiger partial charge is 0.125 e. The summed E-state index contributed by atoms with van der Waals surface area (Å²) < 4.78 is 0. The van der Waals surface area contributed by atoms with Gasteiger partial charge in [-0.1, -0.05) is 23.8 Å². The van der Waals surface area contributed by atoms with Gasteiger partial charge < -0.3 is 0 Å². The van der Waals surface area contributed by atoms with Gasteiger partial charge in [0, 0.05) is 6.08 Å². The molecule has 1 aromatic rings. The molecule has 1 nitrogen and oxygen atoms in total. The highest BCUT2D eigenvalue weighted by Crippen LogP contribution is 2.10. The molecule has 0 unspecified atom stereocenters. The van der Waals surface area contributed by atoms with Crippen LogP contribution in [0.2, 0.25) is 0 Å². The predicted octanol–water partition coefficient (Wildman–Crippen LogP) is 2.15. The summed E-state index contributed by atoms with van der Waals surface area (Å²) in [6.45, 7) is 4.01. The van der Waals surface area contributed by atoms with Crippen molar-refractivity contribution >= 4 is 12.0 Å². The topological polar surface area (TPSA) is 17.1 Å². The molecular formula is C10H10O. The van der Waals surface area contributed by atoms with Crippen LogP contribution in [-0.2, 0) is 4.79 Å². The summed E-state index contributed by atoms with van der Waals surface area (Å²) in [6, 6.07) is 5.95. The van der Waals surface area contributed by atoms with E-state index in [4.69, 9.17) is 0 Å². The van der Waals surface area contributed by atoms with Gasteiger partial charge in [-0.15, -0.1) is 0 Å². The Bertz CT molecular complexity index is 307. The Hall–Kier alpha value is -1.33. The van der Waals surface area contributed by atoms with Gasteiger partial charge in [-0.25, -0.2) is 4.79 Å². The molecule has 0 heterocycles. The zero-order chi connectivity index (χ0) is 8.27. The van der Waals surface area contributed by atoms with E-state index in [1.165, 1.54) is 11.6 Å². The van der Waals surface area contributed by atoms with Gasteiger partial charge in [0.25, 0.3) is 0 Å². The molecule has 0 saturated heterocycles. The second-order valence-electron chi connectivity index (χ2n) is 2.62. The third-order valence-corrected chi connectivity index (χ3v) is 1.64. The third-order valence-electron chi connectivity index (χ3n) is 1.64. The molecule has 0 aliphatic carbocycles. The van der Waals surface area contributed by atoms with Crippen LogP contribution in [0.5, 0.6) is 0 Å². The fourth-order valence-electron chi connectivity index (χ4n) is 1.05. The van der Waals surface area contributed by atoms with Gasteiger partial charge in [0.05, 0.1) is 0 Å². The highest BCUT2D eigenvalue weighted by Gasteiger charge is 1.92. The Morgan fingerprint density at radius 1 is 1.36 bits per heavy atom. The summed E-state index contributed by atoms with van der Waals surface area (Å²) in [5.41, 5.74) is 3.28. The van der Waals surface area contributed by atoms with Gasteiger partial charge in [-0.05, 0) is 25.0 Å². The average Bonchev–Trinajstić information content (AvgIpc) is 1.95. The molecule has 0 atom stereocenters. The maximum absolute atomic E-state index is 10.0. The minimum atomic E-state index is 0.950. The SMILES string of the molecule is Cc1ccc(C=C=O)c(C)c1. The monoisotopic (exact) mass is 146 g/mol. The van der Waals surface area contributed by atoms with E-state index in [0.717, 1.165) is 11.1 Å². The van der Waals surface area contributed by atoms with Gasteiger partial charge >= 0.3 is 0 Å². The first-order valence-electron chi connectivity index (χ1n) is 3.52. The van der Waals surface area contributed by atoms with E-state index < -0.39 is 0 Å². The van der Waals surface area contributed by atoms with E-state index in [0.29, 0.717) is 0 Å². The highest BCUT2D eigenvalue weighted by atomic mass is 16.1. The predicted molar refractivity (Wildman–Crippen MR) is 46.1 cm³/mol. The molecule has 11 heavy (non-hydrogen) atoms. The number of hydrogen-bond acceptors (Lipinski definition) is 1. The Morgan fingerprint density at radius 3 is 2.64 bits per heavy atom. The number of benzene rings is 1. The summed E-state index contributed by atoms with van der Waals surface area (Å²) >= 11 is 0. The first kappa shape index (κ1) is 7.77. The van der Waals surface area contributed by atoms with Crippen molar-refractivity contribution in [3.05, 3.63) is 34.9 Å². The summed E-state index contributed by atoms with van der Waals surface area (Å²) in [5.74, 6) is 1.77. The Balaban J connectivity index is 3.19. The Labute approximate surface area is 66.4 Å². The molecule has 1 rings (SSSR count). The normalized spacial score (nSPS) is 8.91. The van der Waals surface area contributed by atoms with E-state index in [2.05, 4.69) is 0 Å². The molecule has 0 N–H and O–H groups in total. The number of aryl methyl sites for hydroxylation is 2. The van der Waals surface area contributed by atoms with Crippen molar-refractivity contribution in [1.29, 1.82) is 0 Å². The van der Waals surface area contributed by atoms with Gasteiger partial charge in [0.2, 0.25) is 0 Å². The molecule has 0 aliphatic rings. The van der Waals surface area contributed by atoms with Crippen molar-refractivity contribution in [2.24, 2.45) is 0 Å². The molecule has 0 fully saturated rings. The number of hydrogen-bond donors (Lipinski definition) is 0. The van der Waals surface area contributed by atoms with Gasteiger partial charge in [0.1, 0.15) is 5.94 Å². The van der Waals surface area contributed by atoms with Crippen molar-refractivity contribution < 1.29 is 4.79 Å². The van der Waals surface area contributed by atoms with Crippen molar-refractivity contribution in [3.63, 3.8) is 0 Å². The average molecular weight is 146 g/mol. The summed E-state index contributed by atoms with van der Waals surface area (Å²) in [4.78, 5) is 10.0. The number of rotatable bonds is 1. The largest absolute Gasteiger partial charge is 0.233 e. The minimum Gasteiger partial charge on any atom is -0.233 e. The lowest BCUT2D eigenvalue weighted by Gasteiger charge is -1.98. The van der Waals surface area contributed by atoms with Crippen molar-refractivity contribution in [2.45, 2.75) is 13.8 Å². The minimum absolute atomic E-state index is 0.950. The lowest BCUT2D eigenvalue weighted by atomic mass is 10.1. The second-order valence-corrected chi connectivity index (χ2v) is 2.62. The third kappa shape index (κ3) is 1.79. The van der Waals surface area contributed by atoms with Crippen LogP contribution in [0.3, 0.4) is 0 Å². The molecule has 1 heteroatoms. The molecular weight excluding hydrogens is 136 g/mol. The second kappa shape index (κ2) is 3.18. The molecule has 0 aliphatic heterocycles. The maximum Gasteiger partial charge on any atom is 0.125 e. The van der Waals surface area contributed by atoms with E-state index in [1.807, 2.05) is 32.0 Å². The fourth-order valence-corrected chi connectivity index (χ4v) is 1.05.